The van der Waals surface area contributed by atoms with Crippen molar-refractivity contribution < 1.29 is 13.2 Å². The van der Waals surface area contributed by atoms with Crippen molar-refractivity contribution in [1.29, 1.82) is 0 Å². The number of ether oxygens (including phenoxy) is 1. The predicted octanol–water partition coefficient (Wildman–Crippen LogP) is 1.78. The Hall–Kier alpha value is -2.03. The first-order valence-corrected chi connectivity index (χ1v) is 10.7. The van der Waals surface area contributed by atoms with Gasteiger partial charge in [-0.25, -0.2) is 18.4 Å². The molecule has 0 atom stereocenters. The Morgan fingerprint density at radius 1 is 0.963 bits per heavy atom. The molecule has 0 aliphatic carbocycles. The predicted molar refractivity (Wildman–Crippen MR) is 102 cm³/mol. The number of aromatic nitrogens is 2. The van der Waals surface area contributed by atoms with Crippen LogP contribution in [-0.4, -0.2) is 62.1 Å². The highest BCUT2D eigenvalue weighted by atomic mass is 32.2. The van der Waals surface area contributed by atoms with Crippen LogP contribution in [0.2, 0.25) is 0 Å². The topological polar surface area (TPSA) is 75.6 Å². The number of hydrogen-bond donors (Lipinski definition) is 0. The molecule has 2 fully saturated rings. The van der Waals surface area contributed by atoms with Crippen LogP contribution in [0.3, 0.4) is 0 Å². The number of anilines is 1. The molecule has 0 N–H and O–H groups in total. The van der Waals surface area contributed by atoms with Gasteiger partial charge in [0.25, 0.3) is 0 Å². The molecule has 27 heavy (non-hydrogen) atoms. The number of nitrogens with zero attached hydrogens (tertiary/aromatic N) is 4. The van der Waals surface area contributed by atoms with E-state index in [1.807, 2.05) is 6.07 Å². The first-order chi connectivity index (χ1) is 13.1. The quantitative estimate of drug-likeness (QED) is 0.798. The Balaban J connectivity index is 1.48. The maximum Gasteiger partial charge on any atom is 0.243 e. The van der Waals surface area contributed by atoms with Gasteiger partial charge in [-0.05, 0) is 31.0 Å². The zero-order valence-corrected chi connectivity index (χ0v) is 16.0. The lowest BCUT2D eigenvalue weighted by molar-refractivity contribution is 0.0374. The third-order valence-corrected chi connectivity index (χ3v) is 7.35. The van der Waals surface area contributed by atoms with Gasteiger partial charge < -0.3 is 9.64 Å². The molecule has 0 bridgehead atoms. The van der Waals surface area contributed by atoms with Gasteiger partial charge in [0.2, 0.25) is 16.0 Å². The fourth-order valence-corrected chi connectivity index (χ4v) is 5.33. The van der Waals surface area contributed by atoms with E-state index in [9.17, 15) is 8.42 Å². The average Bonchev–Trinajstić information content (AvgIpc) is 2.92. The normalized spacial score (nSPS) is 21.1. The summed E-state index contributed by atoms with van der Waals surface area (Å²) in [5.41, 5.74) is -0.0710. The molecule has 0 saturated carbocycles. The molecule has 4 rings (SSSR count). The zero-order valence-electron chi connectivity index (χ0n) is 15.2. The molecular formula is C19H24N4O3S. The van der Waals surface area contributed by atoms with E-state index < -0.39 is 10.0 Å². The van der Waals surface area contributed by atoms with Crippen molar-refractivity contribution >= 4 is 16.0 Å². The molecule has 0 amide bonds. The van der Waals surface area contributed by atoms with Gasteiger partial charge in [-0.1, -0.05) is 18.2 Å². The summed E-state index contributed by atoms with van der Waals surface area (Å²) in [6.07, 6.45) is 5.02. The Bertz CT molecular complexity index is 853. The minimum atomic E-state index is -3.44. The van der Waals surface area contributed by atoms with Crippen molar-refractivity contribution in [3.05, 3.63) is 48.8 Å². The van der Waals surface area contributed by atoms with Gasteiger partial charge in [0.05, 0.1) is 18.1 Å². The van der Waals surface area contributed by atoms with Crippen LogP contribution in [0.25, 0.3) is 0 Å². The number of benzene rings is 1. The summed E-state index contributed by atoms with van der Waals surface area (Å²) in [4.78, 5) is 11.3. The molecule has 144 valence electrons. The van der Waals surface area contributed by atoms with Crippen LogP contribution in [0.15, 0.2) is 53.7 Å². The second-order valence-corrected chi connectivity index (χ2v) is 9.18. The summed E-state index contributed by atoms with van der Waals surface area (Å²) in [6.45, 7) is 3.82. The van der Waals surface area contributed by atoms with Crippen molar-refractivity contribution in [2.45, 2.75) is 17.7 Å². The number of hydrogen-bond acceptors (Lipinski definition) is 6. The Labute approximate surface area is 160 Å². The smallest absolute Gasteiger partial charge is 0.243 e. The van der Waals surface area contributed by atoms with Gasteiger partial charge in [0, 0.05) is 44.0 Å². The third-order valence-electron chi connectivity index (χ3n) is 5.44. The molecule has 2 aliphatic rings. The highest BCUT2D eigenvalue weighted by Crippen LogP contribution is 2.36. The van der Waals surface area contributed by atoms with Crippen molar-refractivity contribution in [2.75, 3.05) is 44.3 Å². The van der Waals surface area contributed by atoms with E-state index in [0.717, 1.165) is 25.9 Å². The van der Waals surface area contributed by atoms with Gasteiger partial charge in [-0.15, -0.1) is 0 Å². The van der Waals surface area contributed by atoms with E-state index in [4.69, 9.17) is 4.74 Å². The van der Waals surface area contributed by atoms with Crippen LogP contribution in [0.1, 0.15) is 12.8 Å². The molecule has 1 spiro atoms. The molecule has 2 aromatic rings. The van der Waals surface area contributed by atoms with Gasteiger partial charge >= 0.3 is 0 Å². The molecule has 1 aromatic carbocycles. The lowest BCUT2D eigenvalue weighted by Gasteiger charge is -2.42. The van der Waals surface area contributed by atoms with Crippen molar-refractivity contribution in [3.8, 4) is 0 Å². The fraction of sp³-hybridized carbons (Fsp3) is 0.474. The first-order valence-electron chi connectivity index (χ1n) is 9.24. The third kappa shape index (κ3) is 3.83. The molecule has 8 heteroatoms. The van der Waals surface area contributed by atoms with Crippen LogP contribution >= 0.6 is 0 Å². The number of rotatable bonds is 3. The maximum atomic E-state index is 12.9. The Morgan fingerprint density at radius 2 is 1.67 bits per heavy atom. The first kappa shape index (κ1) is 18.3. The maximum absolute atomic E-state index is 12.9. The van der Waals surface area contributed by atoms with E-state index in [1.165, 1.54) is 0 Å². The molecular weight excluding hydrogens is 364 g/mol. The summed E-state index contributed by atoms with van der Waals surface area (Å²) in [5, 5.41) is 0. The zero-order chi connectivity index (χ0) is 18.7. The van der Waals surface area contributed by atoms with Crippen LogP contribution in [0.4, 0.5) is 5.95 Å². The largest absolute Gasteiger partial charge is 0.379 e. The summed E-state index contributed by atoms with van der Waals surface area (Å²) < 4.78 is 33.2. The van der Waals surface area contributed by atoms with Gasteiger partial charge in [-0.3, -0.25) is 0 Å². The second kappa shape index (κ2) is 7.53. The van der Waals surface area contributed by atoms with E-state index in [-0.39, 0.29) is 5.41 Å². The van der Waals surface area contributed by atoms with Gasteiger partial charge in [-0.2, -0.15) is 4.31 Å². The van der Waals surface area contributed by atoms with E-state index in [2.05, 4.69) is 14.9 Å². The molecule has 0 radical (unpaired) electrons. The molecule has 2 saturated heterocycles. The van der Waals surface area contributed by atoms with Crippen LogP contribution in [0, 0.1) is 5.41 Å². The van der Waals surface area contributed by atoms with Crippen molar-refractivity contribution in [2.24, 2.45) is 5.41 Å². The molecule has 1 aromatic heterocycles. The lowest BCUT2D eigenvalue weighted by atomic mass is 9.79. The minimum absolute atomic E-state index is 0.0710. The molecule has 2 aliphatic heterocycles. The van der Waals surface area contributed by atoms with Crippen molar-refractivity contribution in [3.63, 3.8) is 0 Å². The minimum Gasteiger partial charge on any atom is -0.379 e. The summed E-state index contributed by atoms with van der Waals surface area (Å²) in [7, 11) is -3.44. The van der Waals surface area contributed by atoms with Gasteiger partial charge in [0.15, 0.2) is 0 Å². The number of sulfonamides is 1. The molecule has 3 heterocycles. The van der Waals surface area contributed by atoms with Crippen LogP contribution in [0.5, 0.6) is 0 Å². The van der Waals surface area contributed by atoms with E-state index >= 15 is 0 Å². The van der Waals surface area contributed by atoms with Crippen LogP contribution < -0.4 is 4.90 Å². The average molecular weight is 388 g/mol. The highest BCUT2D eigenvalue weighted by Gasteiger charge is 2.41. The standard InChI is InChI=1S/C19H24N4O3S/c24-27(25,17-5-2-1-3-6-17)23-11-7-19(8-12-23)15-22(13-14-26-16-19)18-20-9-4-10-21-18/h1-6,9-10H,7-8,11-16H2. The van der Waals surface area contributed by atoms with E-state index in [0.29, 0.717) is 37.1 Å². The lowest BCUT2D eigenvalue weighted by Crippen LogP contribution is -2.49. The van der Waals surface area contributed by atoms with Crippen molar-refractivity contribution in [1.82, 2.24) is 14.3 Å². The molecule has 0 unspecified atom stereocenters. The van der Waals surface area contributed by atoms with Crippen LogP contribution in [-0.2, 0) is 14.8 Å². The number of piperidine rings is 1. The molecule has 7 nitrogen and oxygen atoms in total. The summed E-state index contributed by atoms with van der Waals surface area (Å²) >= 11 is 0. The second-order valence-electron chi connectivity index (χ2n) is 7.24. The fourth-order valence-electron chi connectivity index (χ4n) is 3.86. The SMILES string of the molecule is O=S(=O)(c1ccccc1)N1CCC2(CC1)COCCN(c1ncccn1)C2. The highest BCUT2D eigenvalue weighted by molar-refractivity contribution is 7.89. The summed E-state index contributed by atoms with van der Waals surface area (Å²) in [5.74, 6) is 0.710. The summed E-state index contributed by atoms with van der Waals surface area (Å²) in [6, 6.07) is 10.5. The Kier molecular flexibility index (Phi) is 5.12. The van der Waals surface area contributed by atoms with E-state index in [1.54, 1.807) is 47.0 Å². The monoisotopic (exact) mass is 388 g/mol. The Morgan fingerprint density at radius 3 is 2.37 bits per heavy atom. The van der Waals surface area contributed by atoms with Gasteiger partial charge in [0.1, 0.15) is 0 Å².